The molecule has 3 nitrogen and oxygen atoms in total. The van der Waals surface area contributed by atoms with E-state index < -0.39 is 0 Å². The zero-order chi connectivity index (χ0) is 10.3. The van der Waals surface area contributed by atoms with Crippen LogP contribution in [0.2, 0.25) is 0 Å². The van der Waals surface area contributed by atoms with E-state index in [1.54, 1.807) is 6.20 Å². The molecule has 1 saturated carbocycles. The van der Waals surface area contributed by atoms with Crippen LogP contribution in [0.5, 0.6) is 0 Å². The van der Waals surface area contributed by atoms with Crippen molar-refractivity contribution in [3.63, 3.8) is 0 Å². The van der Waals surface area contributed by atoms with Crippen molar-refractivity contribution < 1.29 is 0 Å². The number of aromatic nitrogens is 2. The maximum atomic E-state index is 5.85. The van der Waals surface area contributed by atoms with Gasteiger partial charge < -0.3 is 5.73 Å². The van der Waals surface area contributed by atoms with Crippen LogP contribution in [0.4, 0.5) is 5.69 Å². The predicted octanol–water partition coefficient (Wildman–Crippen LogP) is 2.23. The predicted molar refractivity (Wildman–Crippen MR) is 57.1 cm³/mol. The molecular formula is C11H17N3. The third-order valence-electron chi connectivity index (χ3n) is 2.48. The van der Waals surface area contributed by atoms with Gasteiger partial charge in [-0.15, -0.1) is 0 Å². The highest BCUT2D eigenvalue weighted by Gasteiger charge is 2.29. The molecule has 76 valence electrons. The Balaban J connectivity index is 2.40. The Hall–Kier alpha value is -1.12. The minimum atomic E-state index is 0.0112. The van der Waals surface area contributed by atoms with Crippen molar-refractivity contribution in [2.24, 2.45) is 0 Å². The van der Waals surface area contributed by atoms with E-state index in [0.717, 1.165) is 17.2 Å². The molecule has 0 radical (unpaired) electrons. The zero-order valence-electron chi connectivity index (χ0n) is 9.04. The average Bonchev–Trinajstić information content (AvgIpc) is 2.85. The lowest BCUT2D eigenvalue weighted by Crippen LogP contribution is -2.17. The van der Waals surface area contributed by atoms with Gasteiger partial charge >= 0.3 is 0 Å². The molecule has 0 aliphatic heterocycles. The molecule has 2 rings (SSSR count). The largest absolute Gasteiger partial charge is 0.396 e. The minimum Gasteiger partial charge on any atom is -0.396 e. The smallest absolute Gasteiger partial charge is 0.134 e. The van der Waals surface area contributed by atoms with Crippen molar-refractivity contribution in [1.29, 1.82) is 0 Å². The number of nitrogen functional groups attached to an aromatic ring is 1. The van der Waals surface area contributed by atoms with E-state index in [2.05, 4.69) is 30.7 Å². The lowest BCUT2D eigenvalue weighted by molar-refractivity contribution is 0.542. The first-order valence-electron chi connectivity index (χ1n) is 5.11. The fourth-order valence-electron chi connectivity index (χ4n) is 1.45. The summed E-state index contributed by atoms with van der Waals surface area (Å²) in [6, 6.07) is 0. The molecule has 1 aliphatic carbocycles. The quantitative estimate of drug-likeness (QED) is 0.740. The Kier molecular flexibility index (Phi) is 1.98. The molecular weight excluding hydrogens is 174 g/mol. The van der Waals surface area contributed by atoms with Crippen molar-refractivity contribution in [1.82, 2.24) is 9.97 Å². The van der Waals surface area contributed by atoms with Gasteiger partial charge in [0.2, 0.25) is 0 Å². The summed E-state index contributed by atoms with van der Waals surface area (Å²) in [5.74, 6) is 1.49. The van der Waals surface area contributed by atoms with E-state index in [1.165, 1.54) is 12.8 Å². The second-order valence-corrected chi connectivity index (χ2v) is 5.06. The number of nitrogens with zero attached hydrogens (tertiary/aromatic N) is 2. The molecule has 1 aromatic heterocycles. The first-order chi connectivity index (χ1) is 6.48. The molecule has 0 amide bonds. The van der Waals surface area contributed by atoms with E-state index in [0.29, 0.717) is 5.92 Å². The van der Waals surface area contributed by atoms with Crippen LogP contribution >= 0.6 is 0 Å². The van der Waals surface area contributed by atoms with Crippen LogP contribution in [0.15, 0.2) is 6.20 Å². The molecule has 0 bridgehead atoms. The second kappa shape index (κ2) is 2.94. The van der Waals surface area contributed by atoms with Crippen LogP contribution in [0.3, 0.4) is 0 Å². The van der Waals surface area contributed by atoms with Gasteiger partial charge in [0.25, 0.3) is 0 Å². The maximum absolute atomic E-state index is 5.85. The van der Waals surface area contributed by atoms with Crippen molar-refractivity contribution in [2.75, 3.05) is 5.73 Å². The molecule has 0 atom stereocenters. The van der Waals surface area contributed by atoms with Gasteiger partial charge in [0.1, 0.15) is 5.82 Å². The number of hydrogen-bond donors (Lipinski definition) is 1. The van der Waals surface area contributed by atoms with Crippen molar-refractivity contribution in [3.05, 3.63) is 17.7 Å². The van der Waals surface area contributed by atoms with Gasteiger partial charge in [-0.05, 0) is 12.8 Å². The van der Waals surface area contributed by atoms with Crippen LogP contribution in [0, 0.1) is 0 Å². The highest BCUT2D eigenvalue weighted by atomic mass is 14.9. The molecule has 3 heteroatoms. The van der Waals surface area contributed by atoms with Crippen LogP contribution in [0.1, 0.15) is 51.0 Å². The van der Waals surface area contributed by atoms with E-state index >= 15 is 0 Å². The molecule has 1 heterocycles. The van der Waals surface area contributed by atoms with Crippen LogP contribution in [-0.4, -0.2) is 9.97 Å². The zero-order valence-corrected chi connectivity index (χ0v) is 9.04. The van der Waals surface area contributed by atoms with E-state index in [4.69, 9.17) is 5.73 Å². The molecule has 1 aromatic rings. The van der Waals surface area contributed by atoms with Gasteiger partial charge in [0.05, 0.1) is 17.6 Å². The van der Waals surface area contributed by atoms with E-state index in [9.17, 15) is 0 Å². The molecule has 0 unspecified atom stereocenters. The van der Waals surface area contributed by atoms with Crippen molar-refractivity contribution >= 4 is 5.69 Å². The summed E-state index contributed by atoms with van der Waals surface area (Å²) in [5, 5.41) is 0. The van der Waals surface area contributed by atoms with Gasteiger partial charge in [-0.25, -0.2) is 9.97 Å². The fourth-order valence-corrected chi connectivity index (χ4v) is 1.45. The highest BCUT2D eigenvalue weighted by molar-refractivity contribution is 5.44. The van der Waals surface area contributed by atoms with Gasteiger partial charge in [0, 0.05) is 11.3 Å². The Labute approximate surface area is 84.8 Å². The Bertz CT molecular complexity index is 348. The molecule has 14 heavy (non-hydrogen) atoms. The van der Waals surface area contributed by atoms with Crippen molar-refractivity contribution in [3.8, 4) is 0 Å². The monoisotopic (exact) mass is 191 g/mol. The van der Waals surface area contributed by atoms with Crippen LogP contribution < -0.4 is 5.73 Å². The summed E-state index contributed by atoms with van der Waals surface area (Å²) in [6.45, 7) is 6.36. The summed E-state index contributed by atoms with van der Waals surface area (Å²) >= 11 is 0. The number of anilines is 1. The van der Waals surface area contributed by atoms with Gasteiger partial charge in [-0.2, -0.15) is 0 Å². The summed E-state index contributed by atoms with van der Waals surface area (Å²) in [7, 11) is 0. The van der Waals surface area contributed by atoms with Crippen LogP contribution in [-0.2, 0) is 5.41 Å². The molecule has 1 aliphatic rings. The minimum absolute atomic E-state index is 0.0112. The average molecular weight is 191 g/mol. The second-order valence-electron chi connectivity index (χ2n) is 5.06. The third kappa shape index (κ3) is 1.72. The molecule has 1 fully saturated rings. The third-order valence-corrected chi connectivity index (χ3v) is 2.48. The van der Waals surface area contributed by atoms with Crippen molar-refractivity contribution in [2.45, 2.75) is 44.9 Å². The molecule has 0 saturated heterocycles. The molecule has 0 aromatic carbocycles. The highest BCUT2D eigenvalue weighted by Crippen LogP contribution is 2.41. The summed E-state index contributed by atoms with van der Waals surface area (Å²) in [5.41, 5.74) is 7.67. The van der Waals surface area contributed by atoms with E-state index in [-0.39, 0.29) is 5.41 Å². The lowest BCUT2D eigenvalue weighted by Gasteiger charge is -2.17. The number of nitrogens with two attached hydrogens (primary N) is 1. The van der Waals surface area contributed by atoms with Gasteiger partial charge in [0.15, 0.2) is 0 Å². The SMILES string of the molecule is CC(C)(C)c1ncc(N)c(C2CC2)n1. The Morgan fingerprint density at radius 2 is 2.00 bits per heavy atom. The molecule has 0 spiro atoms. The fraction of sp³-hybridized carbons (Fsp3) is 0.636. The first kappa shape index (κ1) is 9.44. The Morgan fingerprint density at radius 1 is 1.36 bits per heavy atom. The number of hydrogen-bond acceptors (Lipinski definition) is 3. The lowest BCUT2D eigenvalue weighted by atomic mass is 9.95. The summed E-state index contributed by atoms with van der Waals surface area (Å²) in [6.07, 6.45) is 4.21. The molecule has 2 N–H and O–H groups in total. The summed E-state index contributed by atoms with van der Waals surface area (Å²) < 4.78 is 0. The number of rotatable bonds is 1. The summed E-state index contributed by atoms with van der Waals surface area (Å²) in [4.78, 5) is 8.85. The van der Waals surface area contributed by atoms with Gasteiger partial charge in [-0.1, -0.05) is 20.8 Å². The standard InChI is InChI=1S/C11H17N3/c1-11(2,3)10-13-6-8(12)9(14-10)7-4-5-7/h6-7H,4-5,12H2,1-3H3. The normalized spacial score (nSPS) is 17.1. The maximum Gasteiger partial charge on any atom is 0.134 e. The first-order valence-corrected chi connectivity index (χ1v) is 5.11. The Morgan fingerprint density at radius 3 is 2.50 bits per heavy atom. The van der Waals surface area contributed by atoms with Gasteiger partial charge in [-0.3, -0.25) is 0 Å². The topological polar surface area (TPSA) is 51.8 Å². The van der Waals surface area contributed by atoms with Crippen LogP contribution in [0.25, 0.3) is 0 Å². The van der Waals surface area contributed by atoms with E-state index in [1.807, 2.05) is 0 Å².